The summed E-state index contributed by atoms with van der Waals surface area (Å²) in [4.78, 5) is 11.0. The van der Waals surface area contributed by atoms with Gasteiger partial charge in [0.2, 0.25) is 5.95 Å². The van der Waals surface area contributed by atoms with Gasteiger partial charge in [0, 0.05) is 37.2 Å². The van der Waals surface area contributed by atoms with Crippen LogP contribution in [0.25, 0.3) is 92.0 Å². The molecule has 230 valence electrons. The molecule has 11 rings (SSSR count). The fourth-order valence-electron chi connectivity index (χ4n) is 8.41. The van der Waals surface area contributed by atoms with Gasteiger partial charge in [0.25, 0.3) is 0 Å². The van der Waals surface area contributed by atoms with Crippen LogP contribution in [0.1, 0.15) is 25.0 Å². The number of aromatic nitrogens is 3. The zero-order valence-corrected chi connectivity index (χ0v) is 27.8. The van der Waals surface area contributed by atoms with Crippen molar-refractivity contribution in [3.05, 3.63) is 151 Å². The first-order valence-electron chi connectivity index (χ1n) is 16.8. The van der Waals surface area contributed by atoms with Crippen molar-refractivity contribution >= 4 is 75.0 Å². The summed E-state index contributed by atoms with van der Waals surface area (Å²) in [6.45, 7) is 4.67. The van der Waals surface area contributed by atoms with Crippen LogP contribution in [-0.2, 0) is 5.41 Å². The maximum atomic E-state index is 5.58. The number of benzene rings is 7. The molecule has 0 atom stereocenters. The summed E-state index contributed by atoms with van der Waals surface area (Å²) < 4.78 is 4.66. The second kappa shape index (κ2) is 9.62. The van der Waals surface area contributed by atoms with E-state index < -0.39 is 0 Å². The van der Waals surface area contributed by atoms with Crippen molar-refractivity contribution in [1.29, 1.82) is 0 Å². The van der Waals surface area contributed by atoms with Gasteiger partial charge in [0.05, 0.1) is 26.9 Å². The van der Waals surface area contributed by atoms with Crippen molar-refractivity contribution < 1.29 is 0 Å². The smallest absolute Gasteiger partial charge is 0.235 e. The van der Waals surface area contributed by atoms with Crippen LogP contribution in [-0.4, -0.2) is 14.5 Å². The molecule has 0 fully saturated rings. The van der Waals surface area contributed by atoms with E-state index in [2.05, 4.69) is 158 Å². The van der Waals surface area contributed by atoms with E-state index in [0.717, 1.165) is 37.9 Å². The van der Waals surface area contributed by atoms with Crippen LogP contribution in [0.5, 0.6) is 0 Å². The van der Waals surface area contributed by atoms with Gasteiger partial charge in [0.1, 0.15) is 0 Å². The van der Waals surface area contributed by atoms with E-state index in [4.69, 9.17) is 9.97 Å². The molecule has 3 aromatic heterocycles. The summed E-state index contributed by atoms with van der Waals surface area (Å²) >= 11 is 1.79. The van der Waals surface area contributed by atoms with E-state index in [1.165, 1.54) is 59.3 Å². The minimum Gasteiger partial charge on any atom is -0.277 e. The van der Waals surface area contributed by atoms with Gasteiger partial charge in [-0.15, -0.1) is 11.3 Å². The third-order valence-corrected chi connectivity index (χ3v) is 12.0. The Hall–Kier alpha value is -5.84. The lowest BCUT2D eigenvalue weighted by Gasteiger charge is -2.21. The number of hydrogen-bond acceptors (Lipinski definition) is 3. The van der Waals surface area contributed by atoms with E-state index >= 15 is 0 Å². The number of nitrogens with zero attached hydrogens (tertiary/aromatic N) is 3. The molecule has 0 spiro atoms. The molecule has 1 aliphatic rings. The Morgan fingerprint density at radius 3 is 2.14 bits per heavy atom. The van der Waals surface area contributed by atoms with Crippen molar-refractivity contribution in [1.82, 2.24) is 14.5 Å². The molecule has 1 aliphatic carbocycles. The van der Waals surface area contributed by atoms with Gasteiger partial charge < -0.3 is 0 Å². The van der Waals surface area contributed by atoms with Crippen molar-refractivity contribution in [2.24, 2.45) is 0 Å². The van der Waals surface area contributed by atoms with Crippen LogP contribution in [0, 0.1) is 0 Å². The van der Waals surface area contributed by atoms with Crippen LogP contribution >= 0.6 is 11.3 Å². The fourth-order valence-corrected chi connectivity index (χ4v) is 9.57. The third-order valence-electron chi connectivity index (χ3n) is 10.8. The van der Waals surface area contributed by atoms with Gasteiger partial charge in [-0.1, -0.05) is 129 Å². The standard InChI is InChI=1S/C45H29N3S/c1-45(2)36-17-9-7-15-31(36)34-24-29(20-22-37(34)45)40-43-41(33-16-8-10-18-39(33)49-43)47-44(46-40)48-38-25-28-13-4-3-12-27(28)23-35(38)32-21-19-26-11-5-6-14-30(26)42(32)48/h3-25H,1-2H3. The van der Waals surface area contributed by atoms with Gasteiger partial charge in [-0.05, 0) is 62.7 Å². The quantitative estimate of drug-likeness (QED) is 0.188. The molecule has 0 aliphatic heterocycles. The highest BCUT2D eigenvalue weighted by molar-refractivity contribution is 7.26. The van der Waals surface area contributed by atoms with Crippen molar-refractivity contribution in [3.63, 3.8) is 0 Å². The van der Waals surface area contributed by atoms with Crippen LogP contribution in [0.3, 0.4) is 0 Å². The Morgan fingerprint density at radius 1 is 0.551 bits per heavy atom. The molecule has 0 amide bonds. The summed E-state index contributed by atoms with van der Waals surface area (Å²) in [6, 6.07) is 50.9. The van der Waals surface area contributed by atoms with E-state index in [1.54, 1.807) is 11.3 Å². The molecule has 49 heavy (non-hydrogen) atoms. The van der Waals surface area contributed by atoms with Crippen LogP contribution in [0.2, 0.25) is 0 Å². The molecule has 0 radical (unpaired) electrons. The van der Waals surface area contributed by atoms with Gasteiger partial charge >= 0.3 is 0 Å². The zero-order chi connectivity index (χ0) is 32.4. The second-order valence-corrected chi connectivity index (χ2v) is 14.9. The average molecular weight is 644 g/mol. The predicted octanol–water partition coefficient (Wildman–Crippen LogP) is 12.2. The molecular formula is C45H29N3S. The Labute approximate surface area is 286 Å². The molecule has 0 saturated heterocycles. The Kier molecular flexibility index (Phi) is 5.33. The monoisotopic (exact) mass is 643 g/mol. The molecule has 0 bridgehead atoms. The molecular weight excluding hydrogens is 615 g/mol. The summed E-state index contributed by atoms with van der Waals surface area (Å²) in [5, 5.41) is 8.39. The second-order valence-electron chi connectivity index (χ2n) is 13.8. The minimum absolute atomic E-state index is 0.0545. The molecule has 7 aromatic carbocycles. The number of hydrogen-bond donors (Lipinski definition) is 0. The van der Waals surface area contributed by atoms with E-state index in [1.807, 2.05) is 0 Å². The highest BCUT2D eigenvalue weighted by atomic mass is 32.1. The van der Waals surface area contributed by atoms with Crippen LogP contribution in [0.15, 0.2) is 140 Å². The van der Waals surface area contributed by atoms with Crippen molar-refractivity contribution in [3.8, 4) is 28.3 Å². The first-order chi connectivity index (χ1) is 24.0. The Balaban J connectivity index is 1.28. The first-order valence-corrected chi connectivity index (χ1v) is 17.7. The van der Waals surface area contributed by atoms with Crippen molar-refractivity contribution in [2.45, 2.75) is 19.3 Å². The lowest BCUT2D eigenvalue weighted by molar-refractivity contribution is 0.660. The molecule has 3 heterocycles. The van der Waals surface area contributed by atoms with Gasteiger partial charge in [-0.3, -0.25) is 4.57 Å². The van der Waals surface area contributed by atoms with Gasteiger partial charge in [-0.2, -0.15) is 0 Å². The van der Waals surface area contributed by atoms with Crippen molar-refractivity contribution in [2.75, 3.05) is 0 Å². The summed E-state index contributed by atoms with van der Waals surface area (Å²) in [5.41, 5.74) is 10.6. The largest absolute Gasteiger partial charge is 0.277 e. The average Bonchev–Trinajstić information content (AvgIpc) is 3.75. The third kappa shape index (κ3) is 3.67. The summed E-state index contributed by atoms with van der Waals surface area (Å²) in [5.74, 6) is 0.693. The first kappa shape index (κ1) is 27.1. The maximum absolute atomic E-state index is 5.58. The van der Waals surface area contributed by atoms with Gasteiger partial charge in [-0.25, -0.2) is 9.97 Å². The normalized spacial score (nSPS) is 13.7. The molecule has 10 aromatic rings. The van der Waals surface area contributed by atoms with Gasteiger partial charge in [0.15, 0.2) is 0 Å². The molecule has 0 unspecified atom stereocenters. The van der Waals surface area contributed by atoms with Crippen LogP contribution in [0.4, 0.5) is 0 Å². The predicted molar refractivity (Wildman–Crippen MR) is 207 cm³/mol. The SMILES string of the molecule is CC1(C)c2ccccc2-c2cc(-c3nc(-n4c5cc6ccccc6cc5c5ccc6ccccc6c54)nc4c3sc3ccccc34)ccc21. The topological polar surface area (TPSA) is 30.7 Å². The highest BCUT2D eigenvalue weighted by Gasteiger charge is 2.35. The molecule has 4 heteroatoms. The summed E-state index contributed by atoms with van der Waals surface area (Å²) in [7, 11) is 0. The lowest BCUT2D eigenvalue weighted by atomic mass is 9.82. The highest BCUT2D eigenvalue weighted by Crippen LogP contribution is 2.50. The minimum atomic E-state index is -0.0545. The van der Waals surface area contributed by atoms with E-state index in [9.17, 15) is 0 Å². The van der Waals surface area contributed by atoms with Crippen LogP contribution < -0.4 is 0 Å². The molecule has 0 N–H and O–H groups in total. The Morgan fingerprint density at radius 2 is 1.27 bits per heavy atom. The van der Waals surface area contributed by atoms with E-state index in [0.29, 0.717) is 5.95 Å². The fraction of sp³-hybridized carbons (Fsp3) is 0.0667. The number of thiophene rings is 1. The lowest BCUT2D eigenvalue weighted by Crippen LogP contribution is -2.14. The summed E-state index contributed by atoms with van der Waals surface area (Å²) in [6.07, 6.45) is 0. The maximum Gasteiger partial charge on any atom is 0.235 e. The Bertz CT molecular complexity index is 3030. The molecule has 3 nitrogen and oxygen atoms in total. The molecule has 0 saturated carbocycles. The van der Waals surface area contributed by atoms with E-state index in [-0.39, 0.29) is 5.41 Å². The zero-order valence-electron chi connectivity index (χ0n) is 27.0. The number of fused-ring (bicyclic) bond motifs is 12. The number of rotatable bonds is 2.